The molecular weight excluding hydrogens is 289 g/mol. The van der Waals surface area contributed by atoms with E-state index >= 15 is 0 Å². The van der Waals surface area contributed by atoms with Gasteiger partial charge in [-0.05, 0) is 42.0 Å². The van der Waals surface area contributed by atoms with Gasteiger partial charge in [-0.1, -0.05) is 27.7 Å². The SMILES string of the molecule is CC(C)CC(C)(C)CNCCC(=O)c1ccc(F)cc1.Cl. The second-order valence-corrected chi connectivity index (χ2v) is 6.62. The van der Waals surface area contributed by atoms with Crippen LogP contribution >= 0.6 is 12.4 Å². The van der Waals surface area contributed by atoms with Crippen LogP contribution in [0.1, 0.15) is 50.9 Å². The lowest BCUT2D eigenvalue weighted by Crippen LogP contribution is -2.31. The molecule has 0 atom stereocenters. The molecule has 0 aromatic heterocycles. The van der Waals surface area contributed by atoms with Crippen molar-refractivity contribution in [2.45, 2.75) is 40.5 Å². The highest BCUT2D eigenvalue weighted by Gasteiger charge is 2.18. The van der Waals surface area contributed by atoms with Gasteiger partial charge in [-0.2, -0.15) is 0 Å². The monoisotopic (exact) mass is 315 g/mol. The molecule has 0 radical (unpaired) electrons. The van der Waals surface area contributed by atoms with Gasteiger partial charge in [-0.3, -0.25) is 4.79 Å². The van der Waals surface area contributed by atoms with Gasteiger partial charge >= 0.3 is 0 Å². The van der Waals surface area contributed by atoms with Gasteiger partial charge in [-0.15, -0.1) is 12.4 Å². The summed E-state index contributed by atoms with van der Waals surface area (Å²) in [6.07, 6.45) is 1.61. The molecule has 0 bridgehead atoms. The Labute approximate surface area is 133 Å². The number of halogens is 2. The van der Waals surface area contributed by atoms with E-state index < -0.39 is 0 Å². The van der Waals surface area contributed by atoms with E-state index in [1.54, 1.807) is 12.1 Å². The van der Waals surface area contributed by atoms with E-state index in [9.17, 15) is 9.18 Å². The summed E-state index contributed by atoms with van der Waals surface area (Å²) in [6, 6.07) is 5.74. The lowest BCUT2D eigenvalue weighted by Gasteiger charge is -2.27. The van der Waals surface area contributed by atoms with Crippen molar-refractivity contribution in [3.63, 3.8) is 0 Å². The van der Waals surface area contributed by atoms with Crippen molar-refractivity contribution in [1.82, 2.24) is 5.32 Å². The fourth-order valence-corrected chi connectivity index (χ4v) is 2.59. The largest absolute Gasteiger partial charge is 0.316 e. The van der Waals surface area contributed by atoms with Crippen LogP contribution in [0.4, 0.5) is 4.39 Å². The van der Waals surface area contributed by atoms with E-state index in [1.165, 1.54) is 12.1 Å². The molecule has 0 aliphatic rings. The number of nitrogens with one attached hydrogen (secondary N) is 1. The number of rotatable bonds is 8. The Morgan fingerprint density at radius 1 is 1.24 bits per heavy atom. The summed E-state index contributed by atoms with van der Waals surface area (Å²) in [7, 11) is 0. The molecule has 1 aromatic rings. The highest BCUT2D eigenvalue weighted by molar-refractivity contribution is 5.96. The van der Waals surface area contributed by atoms with E-state index in [0.717, 1.165) is 13.0 Å². The Hall–Kier alpha value is -0.930. The predicted octanol–water partition coefficient (Wildman–Crippen LogP) is 4.48. The van der Waals surface area contributed by atoms with Crippen LogP contribution in [-0.4, -0.2) is 18.9 Å². The molecule has 4 heteroatoms. The van der Waals surface area contributed by atoms with Crippen molar-refractivity contribution in [1.29, 1.82) is 0 Å². The molecule has 1 N–H and O–H groups in total. The topological polar surface area (TPSA) is 29.1 Å². The Kier molecular flexibility index (Phi) is 8.76. The number of ketones is 1. The van der Waals surface area contributed by atoms with E-state index in [-0.39, 0.29) is 29.4 Å². The summed E-state index contributed by atoms with van der Waals surface area (Å²) in [6.45, 7) is 10.5. The number of benzene rings is 1. The third-order valence-corrected chi connectivity index (χ3v) is 3.26. The molecule has 0 saturated carbocycles. The first-order chi connectivity index (χ1) is 9.30. The smallest absolute Gasteiger partial charge is 0.164 e. The minimum atomic E-state index is -0.310. The summed E-state index contributed by atoms with van der Waals surface area (Å²) in [4.78, 5) is 11.9. The van der Waals surface area contributed by atoms with Crippen LogP contribution in [0.5, 0.6) is 0 Å². The zero-order valence-electron chi connectivity index (χ0n) is 13.4. The lowest BCUT2D eigenvalue weighted by atomic mass is 9.84. The highest BCUT2D eigenvalue weighted by atomic mass is 35.5. The maximum atomic E-state index is 12.8. The number of carbonyl (C=O) groups is 1. The lowest BCUT2D eigenvalue weighted by molar-refractivity contribution is 0.0981. The molecule has 0 saturated heterocycles. The minimum absolute atomic E-state index is 0. The quantitative estimate of drug-likeness (QED) is 0.566. The molecule has 0 fully saturated rings. The standard InChI is InChI=1S/C17H26FNO.ClH/c1-13(2)11-17(3,4)12-19-10-9-16(20)14-5-7-15(18)8-6-14;/h5-8,13,19H,9-12H2,1-4H3;1H. The molecule has 1 rings (SSSR count). The van der Waals surface area contributed by atoms with Crippen molar-refractivity contribution in [3.05, 3.63) is 35.6 Å². The second kappa shape index (κ2) is 9.16. The number of carbonyl (C=O) groups excluding carboxylic acids is 1. The molecule has 0 aliphatic heterocycles. The maximum absolute atomic E-state index is 12.8. The fourth-order valence-electron chi connectivity index (χ4n) is 2.59. The second-order valence-electron chi connectivity index (χ2n) is 6.62. The normalized spacial score (nSPS) is 11.3. The average Bonchev–Trinajstić information content (AvgIpc) is 2.33. The van der Waals surface area contributed by atoms with Gasteiger partial charge in [-0.25, -0.2) is 4.39 Å². The van der Waals surface area contributed by atoms with E-state index in [2.05, 4.69) is 33.0 Å². The third kappa shape index (κ3) is 8.18. The van der Waals surface area contributed by atoms with Crippen LogP contribution in [-0.2, 0) is 0 Å². The van der Waals surface area contributed by atoms with Crippen molar-refractivity contribution in [2.75, 3.05) is 13.1 Å². The van der Waals surface area contributed by atoms with Crippen molar-refractivity contribution in [2.24, 2.45) is 11.3 Å². The first-order valence-electron chi connectivity index (χ1n) is 7.30. The molecule has 1 aromatic carbocycles. The van der Waals surface area contributed by atoms with Gasteiger partial charge in [0.1, 0.15) is 5.82 Å². The summed E-state index contributed by atoms with van der Waals surface area (Å²) < 4.78 is 12.8. The van der Waals surface area contributed by atoms with E-state index in [1.807, 2.05) is 0 Å². The van der Waals surface area contributed by atoms with Crippen LogP contribution in [0, 0.1) is 17.2 Å². The Balaban J connectivity index is 0.00000400. The van der Waals surface area contributed by atoms with Crippen LogP contribution in [0.2, 0.25) is 0 Å². The van der Waals surface area contributed by atoms with Crippen molar-refractivity contribution >= 4 is 18.2 Å². The van der Waals surface area contributed by atoms with Crippen LogP contribution in [0.3, 0.4) is 0 Å². The summed E-state index contributed by atoms with van der Waals surface area (Å²) in [5, 5.41) is 3.35. The molecule has 0 spiro atoms. The van der Waals surface area contributed by atoms with E-state index in [0.29, 0.717) is 24.4 Å². The third-order valence-electron chi connectivity index (χ3n) is 3.26. The van der Waals surface area contributed by atoms with E-state index in [4.69, 9.17) is 0 Å². The van der Waals surface area contributed by atoms with Crippen molar-refractivity contribution in [3.8, 4) is 0 Å². The summed E-state index contributed by atoms with van der Waals surface area (Å²) in [5.41, 5.74) is 0.822. The first kappa shape index (κ1) is 20.1. The Morgan fingerprint density at radius 2 is 1.81 bits per heavy atom. The molecule has 0 unspecified atom stereocenters. The zero-order valence-corrected chi connectivity index (χ0v) is 14.2. The molecular formula is C17H27ClFNO. The van der Waals surface area contributed by atoms with Crippen LogP contribution in [0.15, 0.2) is 24.3 Å². The van der Waals surface area contributed by atoms with Gasteiger partial charge in [0.2, 0.25) is 0 Å². The number of hydrogen-bond acceptors (Lipinski definition) is 2. The first-order valence-corrected chi connectivity index (χ1v) is 7.30. The predicted molar refractivity (Wildman–Crippen MR) is 88.7 cm³/mol. The summed E-state index contributed by atoms with van der Waals surface area (Å²) in [5.74, 6) is 0.418. The maximum Gasteiger partial charge on any atom is 0.164 e. The van der Waals surface area contributed by atoms with Gasteiger partial charge in [0.25, 0.3) is 0 Å². The molecule has 120 valence electrons. The van der Waals surface area contributed by atoms with Gasteiger partial charge in [0.05, 0.1) is 0 Å². The van der Waals surface area contributed by atoms with Crippen LogP contribution in [0.25, 0.3) is 0 Å². The molecule has 0 amide bonds. The van der Waals surface area contributed by atoms with Gasteiger partial charge in [0.15, 0.2) is 5.78 Å². The Bertz CT molecular complexity index is 429. The number of hydrogen-bond donors (Lipinski definition) is 1. The molecule has 2 nitrogen and oxygen atoms in total. The summed E-state index contributed by atoms with van der Waals surface area (Å²) >= 11 is 0. The highest BCUT2D eigenvalue weighted by Crippen LogP contribution is 2.23. The fraction of sp³-hybridized carbons (Fsp3) is 0.588. The van der Waals surface area contributed by atoms with Gasteiger partial charge in [0, 0.05) is 25.1 Å². The minimum Gasteiger partial charge on any atom is -0.316 e. The van der Waals surface area contributed by atoms with Crippen molar-refractivity contribution < 1.29 is 9.18 Å². The average molecular weight is 316 g/mol. The zero-order chi connectivity index (χ0) is 15.2. The number of Topliss-reactive ketones (excluding diaryl/α,β-unsaturated/α-hetero) is 1. The molecule has 0 heterocycles. The van der Waals surface area contributed by atoms with Gasteiger partial charge < -0.3 is 5.32 Å². The van der Waals surface area contributed by atoms with Crippen LogP contribution < -0.4 is 5.32 Å². The molecule has 0 aliphatic carbocycles. The molecule has 21 heavy (non-hydrogen) atoms. The Morgan fingerprint density at radius 3 is 2.33 bits per heavy atom.